The number of hydrogen-bond acceptors (Lipinski definition) is 8. The van der Waals surface area contributed by atoms with Gasteiger partial charge in [-0.2, -0.15) is 13.2 Å². The lowest BCUT2D eigenvalue weighted by atomic mass is 10.1. The van der Waals surface area contributed by atoms with Crippen LogP contribution in [0.4, 0.5) is 19.1 Å². The smallest absolute Gasteiger partial charge is 0.392 e. The topological polar surface area (TPSA) is 74.2 Å². The lowest BCUT2D eigenvalue weighted by Crippen LogP contribution is -2.35. The summed E-state index contributed by atoms with van der Waals surface area (Å²) in [5, 5.41) is 13.0. The van der Waals surface area contributed by atoms with E-state index in [1.165, 1.54) is 6.20 Å². The van der Waals surface area contributed by atoms with Crippen molar-refractivity contribution in [1.29, 1.82) is 0 Å². The fraction of sp³-hybridized carbons (Fsp3) is 0.381. The van der Waals surface area contributed by atoms with Crippen LogP contribution in [0.25, 0.3) is 21.1 Å². The Kier molecular flexibility index (Phi) is 6.99. The summed E-state index contributed by atoms with van der Waals surface area (Å²) in [7, 11) is 0. The third-order valence-corrected chi connectivity index (χ3v) is 7.20. The summed E-state index contributed by atoms with van der Waals surface area (Å²) in [6, 6.07) is 7.20. The Morgan fingerprint density at radius 1 is 1.16 bits per heavy atom. The van der Waals surface area contributed by atoms with Crippen molar-refractivity contribution >= 4 is 29.2 Å². The molecule has 0 saturated carbocycles. The molecule has 0 radical (unpaired) electrons. The van der Waals surface area contributed by atoms with E-state index in [1.54, 1.807) is 36.2 Å². The van der Waals surface area contributed by atoms with E-state index in [9.17, 15) is 18.3 Å². The summed E-state index contributed by atoms with van der Waals surface area (Å²) in [6.45, 7) is 1.73. The average molecular weight is 482 g/mol. The van der Waals surface area contributed by atoms with Gasteiger partial charge < -0.3 is 10.4 Å². The van der Waals surface area contributed by atoms with Crippen molar-refractivity contribution in [3.8, 4) is 21.1 Å². The van der Waals surface area contributed by atoms with Crippen molar-refractivity contribution < 1.29 is 18.3 Å². The number of halogens is 3. The van der Waals surface area contributed by atoms with Crippen molar-refractivity contribution in [3.05, 3.63) is 47.8 Å². The first-order valence-electron chi connectivity index (χ1n) is 10.0. The van der Waals surface area contributed by atoms with Crippen LogP contribution < -0.4 is 5.32 Å². The van der Waals surface area contributed by atoms with Crippen molar-refractivity contribution in [3.63, 3.8) is 0 Å². The second-order valence-electron chi connectivity index (χ2n) is 7.37. The Balaban J connectivity index is 1.61. The van der Waals surface area contributed by atoms with E-state index in [1.807, 2.05) is 6.26 Å². The molecule has 0 spiro atoms. The molecule has 0 amide bonds. The molecule has 1 aliphatic rings. The van der Waals surface area contributed by atoms with Gasteiger partial charge in [0, 0.05) is 37.1 Å². The minimum Gasteiger partial charge on any atom is -0.392 e. The van der Waals surface area contributed by atoms with Gasteiger partial charge in [0.15, 0.2) is 0 Å². The molecule has 3 heterocycles. The number of hydrogen-bond donors (Lipinski definition) is 2. The molecule has 1 aliphatic heterocycles. The molecule has 1 aromatic carbocycles. The number of benzene rings is 1. The molecule has 32 heavy (non-hydrogen) atoms. The Bertz CT molecular complexity index is 1050. The highest BCUT2D eigenvalue weighted by Gasteiger charge is 2.36. The van der Waals surface area contributed by atoms with Gasteiger partial charge in [0.1, 0.15) is 10.6 Å². The van der Waals surface area contributed by atoms with Crippen LogP contribution >= 0.6 is 23.3 Å². The summed E-state index contributed by atoms with van der Waals surface area (Å²) in [5.41, 5.74) is 0.457. The van der Waals surface area contributed by atoms with E-state index < -0.39 is 11.7 Å². The van der Waals surface area contributed by atoms with Gasteiger partial charge in [0.05, 0.1) is 17.2 Å². The van der Waals surface area contributed by atoms with Gasteiger partial charge in [0.2, 0.25) is 5.95 Å². The Morgan fingerprint density at radius 2 is 1.88 bits per heavy atom. The quantitative estimate of drug-likeness (QED) is 0.484. The summed E-state index contributed by atoms with van der Waals surface area (Å²) >= 11 is 2.83. The Hall–Kier alpha value is -2.21. The van der Waals surface area contributed by atoms with Crippen LogP contribution in [0, 0.1) is 0 Å². The van der Waals surface area contributed by atoms with E-state index in [-0.39, 0.29) is 24.3 Å². The van der Waals surface area contributed by atoms with Crippen molar-refractivity contribution in [2.24, 2.45) is 0 Å². The molecule has 11 heteroatoms. The highest BCUT2D eigenvalue weighted by atomic mass is 32.2. The maximum Gasteiger partial charge on any atom is 0.420 e. The molecule has 3 aromatic rings. The van der Waals surface area contributed by atoms with Gasteiger partial charge in [-0.05, 0) is 24.7 Å². The minimum atomic E-state index is -4.58. The number of aliphatic hydroxyl groups is 1. The molecule has 1 saturated heterocycles. The maximum atomic E-state index is 13.7. The predicted molar refractivity (Wildman–Crippen MR) is 121 cm³/mol. The number of anilines is 1. The minimum absolute atomic E-state index is 0.0780. The van der Waals surface area contributed by atoms with Gasteiger partial charge in [0.25, 0.3) is 0 Å². The second-order valence-corrected chi connectivity index (χ2v) is 9.28. The number of nitrogens with one attached hydrogen (secondary N) is 1. The first kappa shape index (κ1) is 23.0. The zero-order chi connectivity index (χ0) is 22.7. The van der Waals surface area contributed by atoms with E-state index in [0.717, 1.165) is 54.6 Å². The lowest BCUT2D eigenvalue weighted by molar-refractivity contribution is -0.137. The number of rotatable bonds is 6. The highest BCUT2D eigenvalue weighted by molar-refractivity contribution is 7.96. The van der Waals surface area contributed by atoms with E-state index >= 15 is 0 Å². The van der Waals surface area contributed by atoms with Crippen LogP contribution in [0.1, 0.15) is 24.0 Å². The third-order valence-electron chi connectivity index (χ3n) is 5.26. The van der Waals surface area contributed by atoms with Gasteiger partial charge in [-0.1, -0.05) is 36.2 Å². The number of aliphatic hydroxyl groups excluding tert-OH is 1. The zero-order valence-electron chi connectivity index (χ0n) is 17.3. The number of alkyl halides is 3. The Morgan fingerprint density at radius 3 is 2.50 bits per heavy atom. The zero-order valence-corrected chi connectivity index (χ0v) is 18.9. The van der Waals surface area contributed by atoms with E-state index in [0.29, 0.717) is 9.88 Å². The predicted octanol–water partition coefficient (Wildman–Crippen LogP) is 4.93. The third kappa shape index (κ3) is 5.22. The van der Waals surface area contributed by atoms with Crippen molar-refractivity contribution in [2.75, 3.05) is 24.7 Å². The normalized spacial score (nSPS) is 15.8. The molecule has 2 N–H and O–H groups in total. The van der Waals surface area contributed by atoms with Crippen molar-refractivity contribution in [2.45, 2.75) is 31.7 Å². The molecule has 0 bridgehead atoms. The molecule has 0 atom stereocenters. The average Bonchev–Trinajstić information content (AvgIpc) is 3.29. The molecule has 4 rings (SSSR count). The molecule has 2 aromatic heterocycles. The van der Waals surface area contributed by atoms with Crippen LogP contribution in [0.2, 0.25) is 0 Å². The molecule has 6 nitrogen and oxygen atoms in total. The molecular weight excluding hydrogens is 459 g/mol. The largest absolute Gasteiger partial charge is 0.420 e. The fourth-order valence-electron chi connectivity index (χ4n) is 3.48. The first-order chi connectivity index (χ1) is 15.4. The van der Waals surface area contributed by atoms with Crippen LogP contribution in [0.3, 0.4) is 0 Å². The maximum absolute atomic E-state index is 13.7. The standard InChI is InChI=1S/C21H22F3N5OS2/c1-31-29-8-6-15(7-9-29)27-20-26-10-16(21(22,23)24)18(28-20)17-11-25-19(32-17)14-4-2-13(12-30)3-5-14/h2-5,10-11,15,30H,6-9,12H2,1H3,(H,26,27,28). The Labute approximate surface area is 192 Å². The second kappa shape index (κ2) is 9.74. The van der Waals surface area contributed by atoms with E-state index in [4.69, 9.17) is 0 Å². The van der Waals surface area contributed by atoms with Gasteiger partial charge in [-0.3, -0.25) is 4.31 Å². The summed E-state index contributed by atoms with van der Waals surface area (Å²) in [5.74, 6) is 0.192. The lowest BCUT2D eigenvalue weighted by Gasteiger charge is -2.30. The molecule has 0 unspecified atom stereocenters. The molecule has 170 valence electrons. The molecule has 0 aliphatic carbocycles. The number of aromatic nitrogens is 3. The SMILES string of the molecule is CSN1CCC(Nc2ncc(C(F)(F)F)c(-c3cnc(-c4ccc(CO)cc4)s3)n2)CC1. The van der Waals surface area contributed by atoms with Gasteiger partial charge in [-0.15, -0.1) is 11.3 Å². The highest BCUT2D eigenvalue weighted by Crippen LogP contribution is 2.39. The van der Waals surface area contributed by atoms with Crippen molar-refractivity contribution in [1.82, 2.24) is 19.3 Å². The van der Waals surface area contributed by atoms with E-state index in [2.05, 4.69) is 24.6 Å². The first-order valence-corrected chi connectivity index (χ1v) is 12.0. The van der Waals surface area contributed by atoms with Crippen LogP contribution in [0.15, 0.2) is 36.7 Å². The van der Waals surface area contributed by atoms with Crippen LogP contribution in [0.5, 0.6) is 0 Å². The van der Waals surface area contributed by atoms with Gasteiger partial charge in [-0.25, -0.2) is 15.0 Å². The molecular formula is C21H22F3N5OS2. The fourth-order valence-corrected chi connectivity index (χ4v) is 4.98. The summed E-state index contributed by atoms with van der Waals surface area (Å²) in [6.07, 6.45) is 1.45. The van der Waals surface area contributed by atoms with Crippen LogP contribution in [-0.4, -0.2) is 49.8 Å². The van der Waals surface area contributed by atoms with Crippen LogP contribution in [-0.2, 0) is 12.8 Å². The number of piperidine rings is 1. The molecule has 1 fully saturated rings. The summed E-state index contributed by atoms with van der Waals surface area (Å²) in [4.78, 5) is 12.8. The number of nitrogens with zero attached hydrogens (tertiary/aromatic N) is 4. The number of thiazole rings is 1. The summed E-state index contributed by atoms with van der Waals surface area (Å²) < 4.78 is 43.3. The van der Waals surface area contributed by atoms with Gasteiger partial charge >= 0.3 is 6.18 Å². The monoisotopic (exact) mass is 481 g/mol.